The van der Waals surface area contributed by atoms with Crippen molar-refractivity contribution in [1.82, 2.24) is 0 Å². The highest BCUT2D eigenvalue weighted by molar-refractivity contribution is 5.79. The first kappa shape index (κ1) is 9.78. The number of hydrogen-bond donors (Lipinski definition) is 1. The van der Waals surface area contributed by atoms with Gasteiger partial charge in [-0.1, -0.05) is 50.2 Å². The van der Waals surface area contributed by atoms with E-state index in [-0.39, 0.29) is 5.41 Å². The molecule has 13 heavy (non-hydrogen) atoms. The molecule has 0 atom stereocenters. The first-order valence-electron chi connectivity index (χ1n) is 4.32. The van der Waals surface area contributed by atoms with Crippen molar-refractivity contribution in [2.45, 2.75) is 26.2 Å². The number of oxime groups is 1. The van der Waals surface area contributed by atoms with Crippen molar-refractivity contribution >= 4 is 6.21 Å². The van der Waals surface area contributed by atoms with Gasteiger partial charge in [0.25, 0.3) is 0 Å². The van der Waals surface area contributed by atoms with Gasteiger partial charge in [0.05, 0.1) is 6.21 Å². The zero-order valence-electron chi connectivity index (χ0n) is 8.28. The Hall–Kier alpha value is -1.31. The molecule has 0 radical (unpaired) electrons. The van der Waals surface area contributed by atoms with Gasteiger partial charge in [0.1, 0.15) is 0 Å². The Morgan fingerprint density at radius 2 is 1.69 bits per heavy atom. The van der Waals surface area contributed by atoms with Crippen LogP contribution in [0.25, 0.3) is 0 Å². The van der Waals surface area contributed by atoms with Gasteiger partial charge in [-0.3, -0.25) is 0 Å². The minimum absolute atomic E-state index is 0.175. The predicted molar refractivity (Wildman–Crippen MR) is 54.5 cm³/mol. The second-order valence-electron chi connectivity index (χ2n) is 4.12. The zero-order chi connectivity index (χ0) is 9.90. The topological polar surface area (TPSA) is 32.6 Å². The summed E-state index contributed by atoms with van der Waals surface area (Å²) in [6.45, 7) is 6.51. The molecule has 0 aliphatic heterocycles. The van der Waals surface area contributed by atoms with Gasteiger partial charge in [-0.05, 0) is 16.5 Å². The normalized spacial score (nSPS) is 12.2. The number of nitrogens with zero attached hydrogens (tertiary/aromatic N) is 1. The van der Waals surface area contributed by atoms with Gasteiger partial charge in [0.15, 0.2) is 0 Å². The lowest BCUT2D eigenvalue weighted by Crippen LogP contribution is -2.10. The van der Waals surface area contributed by atoms with E-state index < -0.39 is 0 Å². The minimum Gasteiger partial charge on any atom is -0.411 e. The molecule has 0 aliphatic rings. The molecule has 70 valence electrons. The summed E-state index contributed by atoms with van der Waals surface area (Å²) in [5, 5.41) is 11.3. The summed E-state index contributed by atoms with van der Waals surface area (Å²) in [6, 6.07) is 7.99. The van der Waals surface area contributed by atoms with E-state index in [0.717, 1.165) is 5.56 Å². The molecule has 0 bridgehead atoms. The van der Waals surface area contributed by atoms with Crippen LogP contribution in [0.5, 0.6) is 0 Å². The molecule has 0 amide bonds. The number of benzene rings is 1. The maximum absolute atomic E-state index is 8.32. The molecular weight excluding hydrogens is 162 g/mol. The van der Waals surface area contributed by atoms with Crippen molar-refractivity contribution in [2.75, 3.05) is 0 Å². The van der Waals surface area contributed by atoms with Gasteiger partial charge in [-0.15, -0.1) is 0 Å². The quantitative estimate of drug-likeness (QED) is 0.399. The molecule has 1 N–H and O–H groups in total. The largest absolute Gasteiger partial charge is 0.411 e. The van der Waals surface area contributed by atoms with E-state index in [2.05, 4.69) is 38.1 Å². The van der Waals surface area contributed by atoms with Gasteiger partial charge in [-0.25, -0.2) is 0 Å². The summed E-state index contributed by atoms with van der Waals surface area (Å²) in [6.07, 6.45) is 1.42. The molecule has 2 heteroatoms. The molecule has 0 fully saturated rings. The average Bonchev–Trinajstić information content (AvgIpc) is 2.04. The zero-order valence-corrected chi connectivity index (χ0v) is 8.28. The average molecular weight is 177 g/mol. The van der Waals surface area contributed by atoms with E-state index in [1.54, 1.807) is 0 Å². The Kier molecular flexibility index (Phi) is 2.71. The van der Waals surface area contributed by atoms with Crippen LogP contribution in [0, 0.1) is 0 Å². The predicted octanol–water partition coefficient (Wildman–Crippen LogP) is 2.79. The summed E-state index contributed by atoms with van der Waals surface area (Å²) in [5.41, 5.74) is 2.37. The molecule has 1 rings (SSSR count). The van der Waals surface area contributed by atoms with Crippen LogP contribution < -0.4 is 0 Å². The third-order valence-electron chi connectivity index (χ3n) is 1.98. The van der Waals surface area contributed by atoms with Crippen molar-refractivity contribution in [2.24, 2.45) is 5.16 Å². The molecule has 0 spiro atoms. The molecule has 0 saturated carbocycles. The first-order chi connectivity index (χ1) is 6.04. The molecule has 1 aromatic rings. The fourth-order valence-electron chi connectivity index (χ4n) is 1.14. The van der Waals surface area contributed by atoms with Crippen LogP contribution in [0.1, 0.15) is 31.9 Å². The fourth-order valence-corrected chi connectivity index (χ4v) is 1.14. The summed E-state index contributed by atoms with van der Waals surface area (Å²) >= 11 is 0. The SMILES string of the molecule is CC(C)(C)c1ccc(/C=N/O)cc1. The Bertz CT molecular complexity index is 293. The van der Waals surface area contributed by atoms with Crippen LogP contribution >= 0.6 is 0 Å². The van der Waals surface area contributed by atoms with E-state index in [0.29, 0.717) is 0 Å². The van der Waals surface area contributed by atoms with Crippen LogP contribution in [0.2, 0.25) is 0 Å². The lowest BCUT2D eigenvalue weighted by molar-refractivity contribution is 0.322. The van der Waals surface area contributed by atoms with Crippen LogP contribution in [-0.4, -0.2) is 11.4 Å². The fraction of sp³-hybridized carbons (Fsp3) is 0.364. The highest BCUT2D eigenvalue weighted by Crippen LogP contribution is 2.21. The van der Waals surface area contributed by atoms with E-state index in [1.165, 1.54) is 11.8 Å². The third kappa shape index (κ3) is 2.58. The van der Waals surface area contributed by atoms with E-state index >= 15 is 0 Å². The summed E-state index contributed by atoms with van der Waals surface area (Å²) in [7, 11) is 0. The minimum atomic E-state index is 0.175. The lowest BCUT2D eigenvalue weighted by atomic mass is 9.87. The van der Waals surface area contributed by atoms with Crippen molar-refractivity contribution in [1.29, 1.82) is 0 Å². The van der Waals surface area contributed by atoms with Crippen molar-refractivity contribution in [3.63, 3.8) is 0 Å². The van der Waals surface area contributed by atoms with Crippen LogP contribution in [0.3, 0.4) is 0 Å². The highest BCUT2D eigenvalue weighted by atomic mass is 16.4. The number of rotatable bonds is 1. The van der Waals surface area contributed by atoms with Crippen LogP contribution in [0.4, 0.5) is 0 Å². The molecule has 0 saturated heterocycles. The van der Waals surface area contributed by atoms with Crippen molar-refractivity contribution in [3.8, 4) is 0 Å². The van der Waals surface area contributed by atoms with Crippen LogP contribution in [-0.2, 0) is 5.41 Å². The van der Waals surface area contributed by atoms with E-state index in [1.807, 2.05) is 12.1 Å². The van der Waals surface area contributed by atoms with Gasteiger partial charge < -0.3 is 5.21 Å². The summed E-state index contributed by atoms with van der Waals surface area (Å²) in [5.74, 6) is 0. The monoisotopic (exact) mass is 177 g/mol. The van der Waals surface area contributed by atoms with Crippen LogP contribution in [0.15, 0.2) is 29.4 Å². The molecule has 0 aromatic heterocycles. The smallest absolute Gasteiger partial charge is 0.0733 e. The van der Waals surface area contributed by atoms with Crippen molar-refractivity contribution < 1.29 is 5.21 Å². The standard InChI is InChI=1S/C11H15NO/c1-11(2,3)10-6-4-9(5-7-10)8-12-13/h4-8,13H,1-3H3/b12-8+. The Labute approximate surface area is 78.9 Å². The molecular formula is C11H15NO. The van der Waals surface area contributed by atoms with E-state index in [9.17, 15) is 0 Å². The maximum atomic E-state index is 8.32. The third-order valence-corrected chi connectivity index (χ3v) is 1.98. The Morgan fingerprint density at radius 1 is 1.15 bits per heavy atom. The molecule has 1 aromatic carbocycles. The Morgan fingerprint density at radius 3 is 2.08 bits per heavy atom. The molecule has 0 heterocycles. The van der Waals surface area contributed by atoms with Gasteiger partial charge >= 0.3 is 0 Å². The highest BCUT2D eigenvalue weighted by Gasteiger charge is 2.12. The molecule has 0 aliphatic carbocycles. The summed E-state index contributed by atoms with van der Waals surface area (Å²) in [4.78, 5) is 0. The van der Waals surface area contributed by atoms with Gasteiger partial charge in [-0.2, -0.15) is 0 Å². The van der Waals surface area contributed by atoms with Gasteiger partial charge in [0.2, 0.25) is 0 Å². The van der Waals surface area contributed by atoms with Crippen molar-refractivity contribution in [3.05, 3.63) is 35.4 Å². The molecule has 0 unspecified atom stereocenters. The lowest BCUT2D eigenvalue weighted by Gasteiger charge is -2.18. The number of hydrogen-bond acceptors (Lipinski definition) is 2. The van der Waals surface area contributed by atoms with Gasteiger partial charge in [0, 0.05) is 0 Å². The maximum Gasteiger partial charge on any atom is 0.0733 e. The van der Waals surface area contributed by atoms with E-state index in [4.69, 9.17) is 5.21 Å². The second-order valence-corrected chi connectivity index (χ2v) is 4.12. The Balaban J connectivity index is 2.94. The first-order valence-corrected chi connectivity index (χ1v) is 4.32. The summed E-state index contributed by atoms with van der Waals surface area (Å²) < 4.78 is 0. The molecule has 2 nitrogen and oxygen atoms in total. The second kappa shape index (κ2) is 3.60.